The van der Waals surface area contributed by atoms with Gasteiger partial charge in [-0.1, -0.05) is 68.4 Å². The van der Waals surface area contributed by atoms with Gasteiger partial charge in [-0.15, -0.1) is 0 Å². The van der Waals surface area contributed by atoms with E-state index in [1.807, 2.05) is 24.3 Å². The number of carbonyl (C=O) groups excluding carboxylic acids is 1. The number of para-hydroxylation sites is 1. The van der Waals surface area contributed by atoms with Crippen molar-refractivity contribution in [1.29, 1.82) is 0 Å². The van der Waals surface area contributed by atoms with Crippen molar-refractivity contribution in [3.8, 4) is 0 Å². The molecule has 2 fully saturated rings. The highest BCUT2D eigenvalue weighted by Crippen LogP contribution is 2.36. The first-order chi connectivity index (χ1) is 15.5. The summed E-state index contributed by atoms with van der Waals surface area (Å²) in [6, 6.07) is 7.92. The van der Waals surface area contributed by atoms with E-state index in [0.29, 0.717) is 47.6 Å². The van der Waals surface area contributed by atoms with Crippen LogP contribution >= 0.6 is 24.0 Å². The third-order valence-corrected chi connectivity index (χ3v) is 7.40. The van der Waals surface area contributed by atoms with Crippen molar-refractivity contribution in [2.24, 2.45) is 7.05 Å². The number of fused-ring (bicyclic) bond motifs is 1. The Morgan fingerprint density at radius 1 is 1.12 bits per heavy atom. The number of pyridine rings is 1. The third-order valence-electron chi connectivity index (χ3n) is 6.02. The quantitative estimate of drug-likeness (QED) is 0.343. The molecule has 1 aromatic heterocycles. The number of thiocarbonyl (C=S) groups is 1. The molecule has 4 rings (SSSR count). The molecule has 170 valence electrons. The molecule has 6 nitrogen and oxygen atoms in total. The summed E-state index contributed by atoms with van der Waals surface area (Å²) < 4.78 is 7.77. The first-order valence-corrected chi connectivity index (χ1v) is 12.4. The number of aryl methyl sites for hydroxylation is 1. The van der Waals surface area contributed by atoms with Crippen molar-refractivity contribution in [1.82, 2.24) is 9.47 Å². The Labute approximate surface area is 198 Å². The lowest BCUT2D eigenvalue weighted by molar-refractivity contribution is -0.122. The monoisotopic (exact) mass is 471 g/mol. The van der Waals surface area contributed by atoms with Crippen LogP contribution in [0.5, 0.6) is 0 Å². The molecule has 0 aliphatic carbocycles. The van der Waals surface area contributed by atoms with Gasteiger partial charge in [0.15, 0.2) is 0 Å². The number of hydrogen-bond acceptors (Lipinski definition) is 6. The Balaban J connectivity index is 1.76. The van der Waals surface area contributed by atoms with Gasteiger partial charge in [0, 0.05) is 32.1 Å². The van der Waals surface area contributed by atoms with Crippen molar-refractivity contribution in [3.05, 3.63) is 45.1 Å². The Bertz CT molecular complexity index is 1120. The average molecular weight is 472 g/mol. The lowest BCUT2D eigenvalue weighted by atomic mass is 10.1. The summed E-state index contributed by atoms with van der Waals surface area (Å²) in [4.78, 5) is 31.0. The number of benzene rings is 1. The predicted molar refractivity (Wildman–Crippen MR) is 136 cm³/mol. The number of ether oxygens (including phenoxy) is 1. The van der Waals surface area contributed by atoms with Gasteiger partial charge >= 0.3 is 0 Å². The van der Waals surface area contributed by atoms with Gasteiger partial charge in [0.25, 0.3) is 11.5 Å². The SMILES string of the molecule is CCCCCCN1C(=O)C(=Cc2c(N3CCOCC3)c3ccccc3n(C)c2=O)SC1=S. The minimum Gasteiger partial charge on any atom is -0.378 e. The fourth-order valence-corrected chi connectivity index (χ4v) is 5.57. The van der Waals surface area contributed by atoms with Gasteiger partial charge in [-0.25, -0.2) is 0 Å². The number of carbonyl (C=O) groups is 1. The second kappa shape index (κ2) is 10.2. The van der Waals surface area contributed by atoms with E-state index in [4.69, 9.17) is 17.0 Å². The summed E-state index contributed by atoms with van der Waals surface area (Å²) >= 11 is 6.79. The average Bonchev–Trinajstić information content (AvgIpc) is 3.08. The van der Waals surface area contributed by atoms with Crippen LogP contribution in [-0.2, 0) is 16.6 Å². The first kappa shape index (κ1) is 23.0. The molecule has 1 aromatic carbocycles. The maximum absolute atomic E-state index is 13.4. The minimum atomic E-state index is -0.113. The Kier molecular flexibility index (Phi) is 7.33. The molecule has 0 N–H and O–H groups in total. The Morgan fingerprint density at radius 3 is 2.62 bits per heavy atom. The lowest BCUT2D eigenvalue weighted by Gasteiger charge is -2.31. The molecule has 2 saturated heterocycles. The molecule has 0 radical (unpaired) electrons. The summed E-state index contributed by atoms with van der Waals surface area (Å²) in [7, 11) is 1.78. The van der Waals surface area contributed by atoms with E-state index in [-0.39, 0.29) is 11.5 Å². The number of thioether (sulfide) groups is 1. The topological polar surface area (TPSA) is 54.8 Å². The van der Waals surface area contributed by atoms with Gasteiger partial charge in [0.2, 0.25) is 0 Å². The molecule has 8 heteroatoms. The van der Waals surface area contributed by atoms with E-state index in [1.54, 1.807) is 22.6 Å². The van der Waals surface area contributed by atoms with Gasteiger partial charge in [-0.3, -0.25) is 14.5 Å². The van der Waals surface area contributed by atoms with Crippen LogP contribution in [0.3, 0.4) is 0 Å². The molecule has 3 heterocycles. The largest absolute Gasteiger partial charge is 0.378 e. The molecule has 0 atom stereocenters. The summed E-state index contributed by atoms with van der Waals surface area (Å²) in [5, 5.41) is 0.998. The number of aromatic nitrogens is 1. The van der Waals surface area contributed by atoms with E-state index in [1.165, 1.54) is 11.8 Å². The highest BCUT2D eigenvalue weighted by Gasteiger charge is 2.32. The van der Waals surface area contributed by atoms with Gasteiger partial charge in [-0.05, 0) is 18.6 Å². The van der Waals surface area contributed by atoms with Gasteiger partial charge in [0.05, 0.1) is 34.9 Å². The van der Waals surface area contributed by atoms with E-state index in [2.05, 4.69) is 11.8 Å². The zero-order chi connectivity index (χ0) is 22.7. The van der Waals surface area contributed by atoms with Crippen LogP contribution in [0.4, 0.5) is 5.69 Å². The number of rotatable bonds is 7. The predicted octanol–water partition coefficient (Wildman–Crippen LogP) is 4.16. The maximum Gasteiger partial charge on any atom is 0.266 e. The van der Waals surface area contributed by atoms with Crippen LogP contribution in [0.25, 0.3) is 17.0 Å². The number of morpholine rings is 1. The maximum atomic E-state index is 13.4. The molecule has 32 heavy (non-hydrogen) atoms. The van der Waals surface area contributed by atoms with Gasteiger partial charge in [-0.2, -0.15) is 0 Å². The molecule has 0 spiro atoms. The van der Waals surface area contributed by atoms with E-state index < -0.39 is 0 Å². The van der Waals surface area contributed by atoms with Gasteiger partial charge in [0.1, 0.15) is 4.32 Å². The lowest BCUT2D eigenvalue weighted by Crippen LogP contribution is -2.38. The second-order valence-electron chi connectivity index (χ2n) is 8.14. The molecule has 0 unspecified atom stereocenters. The van der Waals surface area contributed by atoms with Crippen molar-refractivity contribution in [3.63, 3.8) is 0 Å². The third kappa shape index (κ3) is 4.49. The van der Waals surface area contributed by atoms with Crippen LogP contribution in [0.15, 0.2) is 34.0 Å². The molecule has 2 aliphatic rings. The molecule has 0 bridgehead atoms. The number of unbranched alkanes of at least 4 members (excludes halogenated alkanes) is 3. The first-order valence-electron chi connectivity index (χ1n) is 11.2. The summed E-state index contributed by atoms with van der Waals surface area (Å²) in [6.07, 6.45) is 6.07. The van der Waals surface area contributed by atoms with Crippen LogP contribution in [0.2, 0.25) is 0 Å². The Morgan fingerprint density at radius 2 is 1.88 bits per heavy atom. The van der Waals surface area contributed by atoms with Crippen molar-refractivity contribution < 1.29 is 9.53 Å². The second-order valence-corrected chi connectivity index (χ2v) is 9.81. The normalized spacial score (nSPS) is 18.4. The highest BCUT2D eigenvalue weighted by molar-refractivity contribution is 8.26. The molecule has 0 saturated carbocycles. The fraction of sp³-hybridized carbons (Fsp3) is 0.458. The highest BCUT2D eigenvalue weighted by atomic mass is 32.2. The zero-order valence-corrected chi connectivity index (χ0v) is 20.3. The minimum absolute atomic E-state index is 0.0976. The fourth-order valence-electron chi connectivity index (χ4n) is 4.28. The summed E-state index contributed by atoms with van der Waals surface area (Å²) in [5.41, 5.74) is 2.18. The molecule has 2 aromatic rings. The number of anilines is 1. The summed E-state index contributed by atoms with van der Waals surface area (Å²) in [6.45, 7) is 5.44. The summed E-state index contributed by atoms with van der Waals surface area (Å²) in [5.74, 6) is -0.0976. The van der Waals surface area contributed by atoms with Crippen LogP contribution in [0, 0.1) is 0 Å². The number of amides is 1. The Hall–Kier alpha value is -2.16. The van der Waals surface area contributed by atoms with E-state index >= 15 is 0 Å². The van der Waals surface area contributed by atoms with Crippen molar-refractivity contribution >= 4 is 56.9 Å². The number of hydrogen-bond donors (Lipinski definition) is 0. The van der Waals surface area contributed by atoms with Crippen LogP contribution < -0.4 is 10.5 Å². The van der Waals surface area contributed by atoms with E-state index in [0.717, 1.165) is 42.3 Å². The van der Waals surface area contributed by atoms with Crippen LogP contribution in [0.1, 0.15) is 38.2 Å². The van der Waals surface area contributed by atoms with Crippen molar-refractivity contribution in [2.45, 2.75) is 32.6 Å². The van der Waals surface area contributed by atoms with Gasteiger partial charge < -0.3 is 14.2 Å². The molecular formula is C24H29N3O3S2. The smallest absolute Gasteiger partial charge is 0.266 e. The number of nitrogens with zero attached hydrogens (tertiary/aromatic N) is 3. The van der Waals surface area contributed by atoms with Crippen molar-refractivity contribution in [2.75, 3.05) is 37.7 Å². The van der Waals surface area contributed by atoms with Crippen LogP contribution in [-0.4, -0.2) is 52.5 Å². The molecular weight excluding hydrogens is 442 g/mol. The molecule has 1 amide bonds. The standard InChI is InChI=1S/C24H29N3O3S2/c1-3-4-5-8-11-27-23(29)20(32-24(27)31)16-18-21(26-12-14-30-15-13-26)17-9-6-7-10-19(17)25(2)22(18)28/h6-7,9-10,16H,3-5,8,11-15H2,1-2H3. The zero-order valence-electron chi connectivity index (χ0n) is 18.6. The molecule has 2 aliphatic heterocycles. The van der Waals surface area contributed by atoms with E-state index in [9.17, 15) is 9.59 Å².